The van der Waals surface area contributed by atoms with Crippen molar-refractivity contribution in [3.05, 3.63) is 35.9 Å². The van der Waals surface area contributed by atoms with Crippen LogP contribution in [0.15, 0.2) is 30.3 Å². The van der Waals surface area contributed by atoms with Crippen LogP contribution in [0, 0.1) is 0 Å². The number of hydrogen-bond acceptors (Lipinski definition) is 3. The number of amides is 1. The molecule has 1 aliphatic rings. The molecule has 2 atom stereocenters. The molecule has 20 heavy (non-hydrogen) atoms. The van der Waals surface area contributed by atoms with E-state index in [1.165, 1.54) is 0 Å². The first-order chi connectivity index (χ1) is 9.05. The SMILES string of the molecule is CCC1CN(C(=O)C(C)(N)c2ccccc2)CCO1.Cl. The summed E-state index contributed by atoms with van der Waals surface area (Å²) in [5.74, 6) is -0.0274. The third kappa shape index (κ3) is 3.51. The van der Waals surface area contributed by atoms with Gasteiger partial charge in [-0.3, -0.25) is 4.79 Å². The predicted octanol–water partition coefficient (Wildman–Crippen LogP) is 1.92. The highest BCUT2D eigenvalue weighted by molar-refractivity contribution is 5.87. The lowest BCUT2D eigenvalue weighted by molar-refractivity contribution is -0.144. The van der Waals surface area contributed by atoms with Crippen molar-refractivity contribution in [1.82, 2.24) is 4.90 Å². The molecule has 0 aliphatic carbocycles. The Morgan fingerprint density at radius 2 is 2.10 bits per heavy atom. The van der Waals surface area contributed by atoms with Crippen molar-refractivity contribution in [2.75, 3.05) is 19.7 Å². The summed E-state index contributed by atoms with van der Waals surface area (Å²) in [7, 11) is 0. The number of nitrogens with two attached hydrogens (primary N) is 1. The number of halogens is 1. The number of benzene rings is 1. The fourth-order valence-corrected chi connectivity index (χ4v) is 2.39. The minimum atomic E-state index is -0.975. The van der Waals surface area contributed by atoms with Crippen LogP contribution in [0.3, 0.4) is 0 Å². The summed E-state index contributed by atoms with van der Waals surface area (Å²) in [6.45, 7) is 5.69. The van der Waals surface area contributed by atoms with Gasteiger partial charge in [0.2, 0.25) is 5.91 Å². The van der Waals surface area contributed by atoms with Crippen LogP contribution in [0.25, 0.3) is 0 Å². The van der Waals surface area contributed by atoms with Gasteiger partial charge in [-0.2, -0.15) is 0 Å². The van der Waals surface area contributed by atoms with E-state index in [1.54, 1.807) is 6.92 Å². The van der Waals surface area contributed by atoms with E-state index in [-0.39, 0.29) is 24.4 Å². The standard InChI is InChI=1S/C15H22N2O2.ClH/c1-3-13-11-17(9-10-19-13)14(18)15(2,16)12-7-5-4-6-8-12;/h4-8,13H,3,9-11,16H2,1-2H3;1H. The van der Waals surface area contributed by atoms with Crippen LogP contribution in [0.5, 0.6) is 0 Å². The fraction of sp³-hybridized carbons (Fsp3) is 0.533. The number of morpholine rings is 1. The fourth-order valence-electron chi connectivity index (χ4n) is 2.39. The van der Waals surface area contributed by atoms with E-state index in [0.717, 1.165) is 12.0 Å². The van der Waals surface area contributed by atoms with Crippen molar-refractivity contribution in [3.8, 4) is 0 Å². The summed E-state index contributed by atoms with van der Waals surface area (Å²) in [4.78, 5) is 14.5. The third-order valence-electron chi connectivity index (χ3n) is 3.70. The van der Waals surface area contributed by atoms with Gasteiger partial charge in [0.1, 0.15) is 5.54 Å². The molecule has 0 bridgehead atoms. The normalized spacial score (nSPS) is 21.8. The highest BCUT2D eigenvalue weighted by Crippen LogP contribution is 2.22. The third-order valence-corrected chi connectivity index (χ3v) is 3.70. The summed E-state index contributed by atoms with van der Waals surface area (Å²) in [5.41, 5.74) is 6.14. The van der Waals surface area contributed by atoms with Crippen LogP contribution in [-0.2, 0) is 15.1 Å². The van der Waals surface area contributed by atoms with E-state index in [4.69, 9.17) is 10.5 Å². The second-order valence-electron chi connectivity index (χ2n) is 5.22. The average Bonchev–Trinajstić information content (AvgIpc) is 2.47. The van der Waals surface area contributed by atoms with Crippen LogP contribution >= 0.6 is 12.4 Å². The van der Waals surface area contributed by atoms with Crippen LogP contribution in [0.4, 0.5) is 0 Å². The van der Waals surface area contributed by atoms with Gasteiger partial charge in [-0.1, -0.05) is 37.3 Å². The Labute approximate surface area is 126 Å². The first-order valence-corrected chi connectivity index (χ1v) is 6.81. The van der Waals surface area contributed by atoms with Crippen molar-refractivity contribution in [2.45, 2.75) is 31.9 Å². The minimum Gasteiger partial charge on any atom is -0.375 e. The van der Waals surface area contributed by atoms with E-state index in [0.29, 0.717) is 19.7 Å². The molecule has 0 radical (unpaired) electrons. The summed E-state index contributed by atoms with van der Waals surface area (Å²) >= 11 is 0. The van der Waals surface area contributed by atoms with E-state index in [1.807, 2.05) is 35.2 Å². The topological polar surface area (TPSA) is 55.6 Å². The second-order valence-corrected chi connectivity index (χ2v) is 5.22. The van der Waals surface area contributed by atoms with E-state index < -0.39 is 5.54 Å². The van der Waals surface area contributed by atoms with Crippen molar-refractivity contribution >= 4 is 18.3 Å². The zero-order valence-corrected chi connectivity index (χ0v) is 12.9. The van der Waals surface area contributed by atoms with Crippen molar-refractivity contribution in [3.63, 3.8) is 0 Å². The highest BCUT2D eigenvalue weighted by Gasteiger charge is 2.36. The molecule has 5 heteroatoms. The van der Waals surface area contributed by atoms with Gasteiger partial charge in [0, 0.05) is 13.1 Å². The van der Waals surface area contributed by atoms with E-state index >= 15 is 0 Å². The Balaban J connectivity index is 0.00000200. The van der Waals surface area contributed by atoms with Gasteiger partial charge < -0.3 is 15.4 Å². The second kappa shape index (κ2) is 7.07. The molecule has 112 valence electrons. The molecule has 0 spiro atoms. The lowest BCUT2D eigenvalue weighted by Gasteiger charge is -2.37. The van der Waals surface area contributed by atoms with E-state index in [9.17, 15) is 4.79 Å². The summed E-state index contributed by atoms with van der Waals surface area (Å²) in [6, 6.07) is 9.53. The van der Waals surface area contributed by atoms with Crippen molar-refractivity contribution in [1.29, 1.82) is 0 Å². The molecule has 1 amide bonds. The molecule has 0 saturated carbocycles. The van der Waals surface area contributed by atoms with Crippen molar-refractivity contribution < 1.29 is 9.53 Å². The maximum absolute atomic E-state index is 12.6. The lowest BCUT2D eigenvalue weighted by atomic mass is 9.91. The number of nitrogens with zero attached hydrogens (tertiary/aromatic N) is 1. The van der Waals surface area contributed by atoms with Crippen LogP contribution < -0.4 is 5.73 Å². The Kier molecular flexibility index (Phi) is 5.99. The number of rotatable bonds is 3. The first-order valence-electron chi connectivity index (χ1n) is 6.81. The van der Waals surface area contributed by atoms with Crippen LogP contribution in [-0.4, -0.2) is 36.6 Å². The molecule has 1 aromatic rings. The van der Waals surface area contributed by atoms with Gasteiger partial charge in [-0.15, -0.1) is 12.4 Å². The maximum atomic E-state index is 12.6. The maximum Gasteiger partial charge on any atom is 0.247 e. The number of hydrogen-bond donors (Lipinski definition) is 1. The highest BCUT2D eigenvalue weighted by atomic mass is 35.5. The molecule has 1 saturated heterocycles. The quantitative estimate of drug-likeness (QED) is 0.927. The summed E-state index contributed by atoms with van der Waals surface area (Å²) < 4.78 is 5.59. The van der Waals surface area contributed by atoms with Gasteiger partial charge in [-0.25, -0.2) is 0 Å². The Morgan fingerprint density at radius 3 is 2.70 bits per heavy atom. The molecule has 4 nitrogen and oxygen atoms in total. The van der Waals surface area contributed by atoms with Gasteiger partial charge in [-0.05, 0) is 18.9 Å². The molecule has 1 aliphatic heterocycles. The zero-order chi connectivity index (χ0) is 13.9. The Bertz CT molecular complexity index is 437. The largest absolute Gasteiger partial charge is 0.375 e. The first kappa shape index (κ1) is 17.0. The van der Waals surface area contributed by atoms with Crippen LogP contribution in [0.2, 0.25) is 0 Å². The average molecular weight is 299 g/mol. The Morgan fingerprint density at radius 1 is 1.45 bits per heavy atom. The number of carbonyl (C=O) groups excluding carboxylic acids is 1. The lowest BCUT2D eigenvalue weighted by Crippen LogP contribution is -2.55. The monoisotopic (exact) mass is 298 g/mol. The predicted molar refractivity (Wildman–Crippen MR) is 81.8 cm³/mol. The molecule has 2 rings (SSSR count). The summed E-state index contributed by atoms with van der Waals surface area (Å²) in [6.07, 6.45) is 1.04. The van der Waals surface area contributed by atoms with Crippen LogP contribution in [0.1, 0.15) is 25.8 Å². The molecule has 0 aromatic heterocycles. The van der Waals surface area contributed by atoms with E-state index in [2.05, 4.69) is 6.92 Å². The number of carbonyl (C=O) groups is 1. The van der Waals surface area contributed by atoms with Gasteiger partial charge in [0.15, 0.2) is 0 Å². The number of ether oxygens (including phenoxy) is 1. The van der Waals surface area contributed by atoms with Gasteiger partial charge in [0.25, 0.3) is 0 Å². The minimum absolute atomic E-state index is 0. The zero-order valence-electron chi connectivity index (χ0n) is 12.0. The molecule has 2 unspecified atom stereocenters. The Hall–Kier alpha value is -1.10. The molecular formula is C15H23ClN2O2. The summed E-state index contributed by atoms with van der Waals surface area (Å²) in [5, 5.41) is 0. The molecule has 1 fully saturated rings. The van der Waals surface area contributed by atoms with Gasteiger partial charge in [0.05, 0.1) is 12.7 Å². The molecule has 1 aromatic carbocycles. The van der Waals surface area contributed by atoms with Crippen molar-refractivity contribution in [2.24, 2.45) is 5.73 Å². The smallest absolute Gasteiger partial charge is 0.247 e. The molecule has 2 N–H and O–H groups in total. The molecular weight excluding hydrogens is 276 g/mol. The molecule has 1 heterocycles. The van der Waals surface area contributed by atoms with Gasteiger partial charge >= 0.3 is 0 Å².